The first kappa shape index (κ1) is 12.7. The molecule has 5 heteroatoms. The van der Waals surface area contributed by atoms with Crippen molar-refractivity contribution < 1.29 is 0 Å². The smallest absolute Gasteiger partial charge is 0.161 e. The summed E-state index contributed by atoms with van der Waals surface area (Å²) in [6.45, 7) is 7.01. The zero-order chi connectivity index (χ0) is 13.1. The monoisotopic (exact) mass is 245 g/mol. The van der Waals surface area contributed by atoms with Crippen LogP contribution in [0, 0.1) is 13.8 Å². The second kappa shape index (κ2) is 5.27. The molecule has 0 aromatic carbocycles. The third-order valence-electron chi connectivity index (χ3n) is 3.13. The molecule has 0 amide bonds. The molecule has 0 bridgehead atoms. The Kier molecular flexibility index (Phi) is 3.72. The predicted octanol–water partition coefficient (Wildman–Crippen LogP) is 1.56. The molecule has 0 unspecified atom stereocenters. The highest BCUT2D eigenvalue weighted by Gasteiger charge is 2.14. The zero-order valence-electron chi connectivity index (χ0n) is 11.4. The summed E-state index contributed by atoms with van der Waals surface area (Å²) in [6, 6.07) is 0. The van der Waals surface area contributed by atoms with Gasteiger partial charge in [-0.05, 0) is 32.9 Å². The standard InChI is InChI=1S/C13H19N5/c1-5-12-9(2)17-18(10(12)3)13-11(6-14-4)7-15-8-16-13/h7-8,14H,5-6H2,1-4H3. The quantitative estimate of drug-likeness (QED) is 0.888. The van der Waals surface area contributed by atoms with Crippen molar-refractivity contribution in [2.45, 2.75) is 33.7 Å². The number of nitrogens with one attached hydrogen (secondary N) is 1. The minimum atomic E-state index is 0.732. The average Bonchev–Trinajstić information content (AvgIpc) is 2.65. The SMILES string of the molecule is CCc1c(C)nn(-c2ncncc2CNC)c1C. The molecule has 0 atom stereocenters. The van der Waals surface area contributed by atoms with Gasteiger partial charge in [-0.3, -0.25) is 0 Å². The molecule has 0 aliphatic carbocycles. The van der Waals surface area contributed by atoms with Crippen LogP contribution in [-0.2, 0) is 13.0 Å². The van der Waals surface area contributed by atoms with Gasteiger partial charge in [0.25, 0.3) is 0 Å². The molecular formula is C13H19N5. The summed E-state index contributed by atoms with van der Waals surface area (Å²) < 4.78 is 1.92. The molecule has 0 spiro atoms. The van der Waals surface area contributed by atoms with E-state index in [1.807, 2.05) is 24.9 Å². The summed E-state index contributed by atoms with van der Waals surface area (Å²) in [7, 11) is 1.91. The number of hydrogen-bond acceptors (Lipinski definition) is 4. The van der Waals surface area contributed by atoms with Crippen LogP contribution in [0.3, 0.4) is 0 Å². The van der Waals surface area contributed by atoms with Crippen LogP contribution in [0.4, 0.5) is 0 Å². The number of aryl methyl sites for hydroxylation is 1. The van der Waals surface area contributed by atoms with Crippen LogP contribution in [0.2, 0.25) is 0 Å². The van der Waals surface area contributed by atoms with Crippen LogP contribution < -0.4 is 5.32 Å². The lowest BCUT2D eigenvalue weighted by Gasteiger charge is -2.09. The van der Waals surface area contributed by atoms with Gasteiger partial charge in [0.05, 0.1) is 5.69 Å². The van der Waals surface area contributed by atoms with Crippen molar-refractivity contribution >= 4 is 0 Å². The van der Waals surface area contributed by atoms with E-state index in [0.717, 1.165) is 35.7 Å². The Bertz CT molecular complexity index is 544. The fraction of sp³-hybridized carbons (Fsp3) is 0.462. The van der Waals surface area contributed by atoms with Gasteiger partial charge in [-0.25, -0.2) is 14.6 Å². The van der Waals surface area contributed by atoms with E-state index in [9.17, 15) is 0 Å². The normalized spacial score (nSPS) is 10.9. The van der Waals surface area contributed by atoms with E-state index in [1.54, 1.807) is 6.33 Å². The number of rotatable bonds is 4. The van der Waals surface area contributed by atoms with Crippen molar-refractivity contribution in [2.24, 2.45) is 0 Å². The van der Waals surface area contributed by atoms with Crippen LogP contribution in [0.5, 0.6) is 0 Å². The predicted molar refractivity (Wildman–Crippen MR) is 70.8 cm³/mol. The molecule has 5 nitrogen and oxygen atoms in total. The molecule has 0 saturated carbocycles. The first-order valence-corrected chi connectivity index (χ1v) is 6.18. The maximum absolute atomic E-state index is 4.59. The van der Waals surface area contributed by atoms with Gasteiger partial charge in [-0.1, -0.05) is 6.92 Å². The van der Waals surface area contributed by atoms with Crippen LogP contribution in [0.25, 0.3) is 5.82 Å². The van der Waals surface area contributed by atoms with E-state index < -0.39 is 0 Å². The van der Waals surface area contributed by atoms with Crippen LogP contribution in [0.15, 0.2) is 12.5 Å². The molecular weight excluding hydrogens is 226 g/mol. The Hall–Kier alpha value is -1.75. The summed E-state index contributed by atoms with van der Waals surface area (Å²) in [4.78, 5) is 8.44. The Morgan fingerprint density at radius 2 is 2.11 bits per heavy atom. The highest BCUT2D eigenvalue weighted by atomic mass is 15.3. The average molecular weight is 245 g/mol. The highest BCUT2D eigenvalue weighted by Crippen LogP contribution is 2.18. The van der Waals surface area contributed by atoms with Gasteiger partial charge in [-0.2, -0.15) is 5.10 Å². The first-order chi connectivity index (χ1) is 8.69. The summed E-state index contributed by atoms with van der Waals surface area (Å²) in [6.07, 6.45) is 4.39. The molecule has 2 aromatic rings. The minimum Gasteiger partial charge on any atom is -0.315 e. The van der Waals surface area contributed by atoms with Gasteiger partial charge in [0.1, 0.15) is 6.33 Å². The third-order valence-corrected chi connectivity index (χ3v) is 3.13. The summed E-state index contributed by atoms with van der Waals surface area (Å²) in [5.74, 6) is 0.861. The molecule has 0 radical (unpaired) electrons. The molecule has 0 aliphatic heterocycles. The Morgan fingerprint density at radius 3 is 2.72 bits per heavy atom. The lowest BCUT2D eigenvalue weighted by atomic mass is 10.1. The molecule has 18 heavy (non-hydrogen) atoms. The molecule has 2 rings (SSSR count). The fourth-order valence-electron chi connectivity index (χ4n) is 2.25. The molecule has 0 saturated heterocycles. The van der Waals surface area contributed by atoms with E-state index in [0.29, 0.717) is 0 Å². The van der Waals surface area contributed by atoms with E-state index in [4.69, 9.17) is 0 Å². The van der Waals surface area contributed by atoms with Gasteiger partial charge in [0.15, 0.2) is 5.82 Å². The third kappa shape index (κ3) is 2.13. The molecule has 1 N–H and O–H groups in total. The second-order valence-corrected chi connectivity index (χ2v) is 4.32. The highest BCUT2D eigenvalue weighted by molar-refractivity contribution is 5.36. The summed E-state index contributed by atoms with van der Waals surface area (Å²) in [5.41, 5.74) is 4.58. The van der Waals surface area contributed by atoms with Crippen molar-refractivity contribution in [1.82, 2.24) is 25.1 Å². The maximum atomic E-state index is 4.59. The topological polar surface area (TPSA) is 55.6 Å². The fourth-order valence-corrected chi connectivity index (χ4v) is 2.25. The van der Waals surface area contributed by atoms with Gasteiger partial charge >= 0.3 is 0 Å². The van der Waals surface area contributed by atoms with Crippen LogP contribution >= 0.6 is 0 Å². The molecule has 2 heterocycles. The van der Waals surface area contributed by atoms with Crippen molar-refractivity contribution in [1.29, 1.82) is 0 Å². The van der Waals surface area contributed by atoms with Gasteiger partial charge in [-0.15, -0.1) is 0 Å². The van der Waals surface area contributed by atoms with Gasteiger partial charge in [0.2, 0.25) is 0 Å². The second-order valence-electron chi connectivity index (χ2n) is 4.32. The molecule has 96 valence electrons. The number of aromatic nitrogens is 4. The first-order valence-electron chi connectivity index (χ1n) is 6.18. The van der Waals surface area contributed by atoms with E-state index in [1.165, 1.54) is 5.56 Å². The van der Waals surface area contributed by atoms with Crippen LogP contribution in [0.1, 0.15) is 29.4 Å². The van der Waals surface area contributed by atoms with E-state index >= 15 is 0 Å². The van der Waals surface area contributed by atoms with Crippen molar-refractivity contribution in [2.75, 3.05) is 7.05 Å². The lowest BCUT2D eigenvalue weighted by Crippen LogP contribution is -2.12. The zero-order valence-corrected chi connectivity index (χ0v) is 11.4. The molecule has 2 aromatic heterocycles. The number of hydrogen-bond donors (Lipinski definition) is 1. The van der Waals surface area contributed by atoms with E-state index in [-0.39, 0.29) is 0 Å². The van der Waals surface area contributed by atoms with Gasteiger partial charge in [0, 0.05) is 24.0 Å². The van der Waals surface area contributed by atoms with Crippen molar-refractivity contribution in [3.8, 4) is 5.82 Å². The van der Waals surface area contributed by atoms with Crippen molar-refractivity contribution in [3.05, 3.63) is 35.0 Å². The number of nitrogens with zero attached hydrogens (tertiary/aromatic N) is 4. The van der Waals surface area contributed by atoms with E-state index in [2.05, 4.69) is 34.2 Å². The van der Waals surface area contributed by atoms with Crippen LogP contribution in [-0.4, -0.2) is 26.8 Å². The Morgan fingerprint density at radius 1 is 1.33 bits per heavy atom. The Balaban J connectivity index is 2.55. The minimum absolute atomic E-state index is 0.732. The molecule has 0 fully saturated rings. The Labute approximate surface area is 107 Å². The van der Waals surface area contributed by atoms with Crippen molar-refractivity contribution in [3.63, 3.8) is 0 Å². The largest absolute Gasteiger partial charge is 0.315 e. The lowest BCUT2D eigenvalue weighted by molar-refractivity contribution is 0.746. The molecule has 0 aliphatic rings. The summed E-state index contributed by atoms with van der Waals surface area (Å²) >= 11 is 0. The summed E-state index contributed by atoms with van der Waals surface area (Å²) in [5, 5.41) is 7.72. The van der Waals surface area contributed by atoms with Gasteiger partial charge < -0.3 is 5.32 Å². The maximum Gasteiger partial charge on any atom is 0.161 e.